The molecule has 3 rings (SSSR count). The summed E-state index contributed by atoms with van der Waals surface area (Å²) in [5, 5.41) is 2.87. The molecular weight excluding hydrogens is 462 g/mol. The Hall–Kier alpha value is -2.68. The molecule has 9 heteroatoms. The van der Waals surface area contributed by atoms with Crippen LogP contribution in [-0.2, 0) is 24.3 Å². The summed E-state index contributed by atoms with van der Waals surface area (Å²) in [7, 11) is 0. The van der Waals surface area contributed by atoms with Gasteiger partial charge in [0.1, 0.15) is 5.82 Å². The van der Waals surface area contributed by atoms with Crippen molar-refractivity contribution in [2.45, 2.75) is 59.5 Å². The first-order valence-corrected chi connectivity index (χ1v) is 11.4. The Kier molecular flexibility index (Phi) is 7.48. The molecule has 8 nitrogen and oxygen atoms in total. The fraction of sp³-hybridized carbons (Fsp3) is 0.455. The lowest BCUT2D eigenvalue weighted by Gasteiger charge is -2.11. The predicted molar refractivity (Wildman–Crippen MR) is 125 cm³/mol. The number of hydrogen-bond acceptors (Lipinski definition) is 4. The number of nitrogens with one attached hydrogen (secondary N) is 2. The number of halogens is 1. The molecule has 2 N–H and O–H groups in total. The molecule has 0 fully saturated rings. The van der Waals surface area contributed by atoms with Gasteiger partial charge in [-0.3, -0.25) is 19.1 Å². The number of aromatic nitrogens is 4. The van der Waals surface area contributed by atoms with Gasteiger partial charge >= 0.3 is 5.69 Å². The summed E-state index contributed by atoms with van der Waals surface area (Å²) in [6.45, 7) is 7.22. The highest BCUT2D eigenvalue weighted by atomic mass is 79.9. The Labute approximate surface area is 188 Å². The number of benzene rings is 1. The van der Waals surface area contributed by atoms with Crippen molar-refractivity contribution in [3.63, 3.8) is 0 Å². The van der Waals surface area contributed by atoms with Crippen molar-refractivity contribution in [1.82, 2.24) is 19.1 Å². The average Bonchev–Trinajstić information content (AvgIpc) is 3.06. The number of anilines is 1. The minimum Gasteiger partial charge on any atom is -0.326 e. The van der Waals surface area contributed by atoms with Crippen molar-refractivity contribution in [2.24, 2.45) is 5.92 Å². The second-order valence-electron chi connectivity index (χ2n) is 8.02. The van der Waals surface area contributed by atoms with E-state index < -0.39 is 11.2 Å². The minimum absolute atomic E-state index is 0.136. The van der Waals surface area contributed by atoms with Gasteiger partial charge in [-0.25, -0.2) is 9.78 Å². The third kappa shape index (κ3) is 5.52. The molecule has 0 saturated heterocycles. The zero-order chi connectivity index (χ0) is 22.5. The van der Waals surface area contributed by atoms with Crippen LogP contribution in [0.3, 0.4) is 0 Å². The highest BCUT2D eigenvalue weighted by molar-refractivity contribution is 9.10. The number of nitrogens with zero attached hydrogens (tertiary/aromatic N) is 3. The molecule has 0 saturated carbocycles. The number of amides is 1. The highest BCUT2D eigenvalue weighted by Gasteiger charge is 2.19. The standard InChI is InChI=1S/C22H28BrN5O3/c1-4-5-12-27-20-19(21(30)26-22(27)31)28(13-14(2)3)17(25-20)10-11-18(29)24-16-8-6-15(23)7-9-16/h6-9,14H,4-5,10-13H2,1-3H3,(H,24,29)(H,26,30,31). The molecule has 0 bridgehead atoms. The van der Waals surface area contributed by atoms with Gasteiger partial charge in [0, 0.05) is 36.1 Å². The van der Waals surface area contributed by atoms with Gasteiger partial charge in [0.2, 0.25) is 5.91 Å². The average molecular weight is 490 g/mol. The van der Waals surface area contributed by atoms with Crippen LogP contribution in [0.5, 0.6) is 0 Å². The van der Waals surface area contributed by atoms with Crippen molar-refractivity contribution < 1.29 is 4.79 Å². The quantitative estimate of drug-likeness (QED) is 0.478. The number of rotatable bonds is 9. The van der Waals surface area contributed by atoms with Crippen LogP contribution in [0.15, 0.2) is 38.3 Å². The van der Waals surface area contributed by atoms with E-state index in [-0.39, 0.29) is 18.2 Å². The topological polar surface area (TPSA) is 102 Å². The molecule has 3 aromatic rings. The molecule has 166 valence electrons. The Balaban J connectivity index is 1.91. The number of hydrogen-bond donors (Lipinski definition) is 2. The first kappa shape index (κ1) is 23.0. The van der Waals surface area contributed by atoms with Crippen LogP contribution in [0.25, 0.3) is 11.2 Å². The Bertz CT molecular complexity index is 1170. The lowest BCUT2D eigenvalue weighted by molar-refractivity contribution is -0.116. The second kappa shape index (κ2) is 10.1. The molecule has 2 heterocycles. The number of H-pyrrole nitrogens is 1. The monoisotopic (exact) mass is 489 g/mol. The number of unbranched alkanes of at least 4 members (excludes halogenated alkanes) is 1. The summed E-state index contributed by atoms with van der Waals surface area (Å²) < 4.78 is 4.32. The molecule has 0 aliphatic rings. The molecule has 0 atom stereocenters. The zero-order valence-corrected chi connectivity index (χ0v) is 19.7. The van der Waals surface area contributed by atoms with Crippen molar-refractivity contribution >= 4 is 38.7 Å². The summed E-state index contributed by atoms with van der Waals surface area (Å²) in [5.74, 6) is 0.766. The van der Waals surface area contributed by atoms with Crippen LogP contribution in [0.2, 0.25) is 0 Å². The van der Waals surface area contributed by atoms with E-state index in [4.69, 9.17) is 0 Å². The van der Waals surface area contributed by atoms with Gasteiger partial charge in [0.25, 0.3) is 5.56 Å². The zero-order valence-electron chi connectivity index (χ0n) is 18.1. The molecular formula is C22H28BrN5O3. The number of aryl methyl sites for hydroxylation is 2. The van der Waals surface area contributed by atoms with Crippen molar-refractivity contribution in [1.29, 1.82) is 0 Å². The van der Waals surface area contributed by atoms with Crippen LogP contribution in [-0.4, -0.2) is 25.0 Å². The normalized spacial score (nSPS) is 11.4. The van der Waals surface area contributed by atoms with E-state index in [2.05, 4.69) is 45.1 Å². The van der Waals surface area contributed by atoms with Gasteiger partial charge in [-0.1, -0.05) is 43.1 Å². The Morgan fingerprint density at radius 1 is 1.19 bits per heavy atom. The van der Waals surface area contributed by atoms with Gasteiger partial charge in [0.05, 0.1) is 0 Å². The van der Waals surface area contributed by atoms with Crippen LogP contribution >= 0.6 is 15.9 Å². The van der Waals surface area contributed by atoms with Gasteiger partial charge in [-0.15, -0.1) is 0 Å². The fourth-order valence-corrected chi connectivity index (χ4v) is 3.74. The largest absolute Gasteiger partial charge is 0.330 e. The molecule has 0 radical (unpaired) electrons. The molecule has 31 heavy (non-hydrogen) atoms. The molecule has 0 aliphatic heterocycles. The molecule has 2 aromatic heterocycles. The lowest BCUT2D eigenvalue weighted by atomic mass is 10.2. The first-order chi connectivity index (χ1) is 14.8. The maximum absolute atomic E-state index is 12.6. The Morgan fingerprint density at radius 3 is 2.55 bits per heavy atom. The molecule has 0 spiro atoms. The fourth-order valence-electron chi connectivity index (χ4n) is 3.48. The van der Waals surface area contributed by atoms with Gasteiger partial charge in [-0.2, -0.15) is 0 Å². The maximum atomic E-state index is 12.6. The van der Waals surface area contributed by atoms with Gasteiger partial charge in [0.15, 0.2) is 11.2 Å². The van der Waals surface area contributed by atoms with Gasteiger partial charge < -0.3 is 9.88 Å². The van der Waals surface area contributed by atoms with Crippen molar-refractivity contribution in [3.8, 4) is 0 Å². The van der Waals surface area contributed by atoms with Crippen LogP contribution in [0, 0.1) is 5.92 Å². The second-order valence-corrected chi connectivity index (χ2v) is 8.94. The van der Waals surface area contributed by atoms with Gasteiger partial charge in [-0.05, 0) is 36.6 Å². The number of carbonyl (C=O) groups excluding carboxylic acids is 1. The highest BCUT2D eigenvalue weighted by Crippen LogP contribution is 2.17. The van der Waals surface area contributed by atoms with Crippen molar-refractivity contribution in [3.05, 3.63) is 55.4 Å². The van der Waals surface area contributed by atoms with E-state index >= 15 is 0 Å². The van der Waals surface area contributed by atoms with Crippen molar-refractivity contribution in [2.75, 3.05) is 5.32 Å². The summed E-state index contributed by atoms with van der Waals surface area (Å²) in [6.07, 6.45) is 2.31. The van der Waals surface area contributed by atoms with E-state index in [1.165, 1.54) is 4.57 Å². The first-order valence-electron chi connectivity index (χ1n) is 10.6. The van der Waals surface area contributed by atoms with E-state index in [0.29, 0.717) is 42.2 Å². The van der Waals surface area contributed by atoms with E-state index in [1.807, 2.05) is 35.8 Å². The summed E-state index contributed by atoms with van der Waals surface area (Å²) in [6, 6.07) is 7.36. The number of aromatic amines is 1. The van der Waals surface area contributed by atoms with Crippen LogP contribution < -0.4 is 16.6 Å². The lowest BCUT2D eigenvalue weighted by Crippen LogP contribution is -2.31. The SMILES string of the molecule is CCCCn1c(=O)[nH]c(=O)c2c1nc(CCC(=O)Nc1ccc(Br)cc1)n2CC(C)C. The predicted octanol–water partition coefficient (Wildman–Crippen LogP) is 3.68. The summed E-state index contributed by atoms with van der Waals surface area (Å²) >= 11 is 3.37. The maximum Gasteiger partial charge on any atom is 0.330 e. The molecule has 0 aliphatic carbocycles. The van der Waals surface area contributed by atoms with E-state index in [0.717, 1.165) is 17.3 Å². The van der Waals surface area contributed by atoms with E-state index in [9.17, 15) is 14.4 Å². The molecule has 1 amide bonds. The van der Waals surface area contributed by atoms with E-state index in [1.54, 1.807) is 0 Å². The third-order valence-corrected chi connectivity index (χ3v) is 5.48. The molecule has 0 unspecified atom stereocenters. The summed E-state index contributed by atoms with van der Waals surface area (Å²) in [4.78, 5) is 44.6. The molecule has 1 aromatic carbocycles. The Morgan fingerprint density at radius 2 is 1.90 bits per heavy atom. The number of carbonyl (C=O) groups is 1. The number of fused-ring (bicyclic) bond motifs is 1. The summed E-state index contributed by atoms with van der Waals surface area (Å²) in [5.41, 5.74) is 0.624. The third-order valence-electron chi connectivity index (χ3n) is 4.95. The minimum atomic E-state index is -0.445. The van der Waals surface area contributed by atoms with Crippen LogP contribution in [0.4, 0.5) is 5.69 Å². The smallest absolute Gasteiger partial charge is 0.326 e. The van der Waals surface area contributed by atoms with Crippen LogP contribution in [0.1, 0.15) is 45.9 Å². The number of imidazole rings is 1.